The number of halogens is 3. The Balaban J connectivity index is 1.44. The van der Waals surface area contributed by atoms with Crippen LogP contribution in [0.2, 0.25) is 5.02 Å². The Hall–Kier alpha value is -3.28. The van der Waals surface area contributed by atoms with Crippen LogP contribution < -0.4 is 19.7 Å². The zero-order chi connectivity index (χ0) is 29.9. The molecule has 7 rings (SSSR count). The van der Waals surface area contributed by atoms with Crippen LogP contribution in [-0.4, -0.2) is 89.0 Å². The zero-order valence-corrected chi connectivity index (χ0v) is 25.3. The molecule has 2 aliphatic heterocycles. The molecule has 4 heterocycles. The lowest BCUT2D eigenvalue weighted by molar-refractivity contribution is -0.134. The SMILES string of the molecule is Cc1ccc2[nH]ncc2c1-c1c(Cl)cc2c(N3CCNC[C@@H]3C)nc(OC[C@@H]3CCCN3C)nc2c1OC1CC(F)(F)C1. The van der Waals surface area contributed by atoms with E-state index in [0.717, 1.165) is 61.1 Å². The summed E-state index contributed by atoms with van der Waals surface area (Å²) in [6, 6.07) is 6.49. The van der Waals surface area contributed by atoms with Crippen molar-refractivity contribution < 1.29 is 18.3 Å². The van der Waals surface area contributed by atoms with Crippen molar-refractivity contribution in [3.63, 3.8) is 0 Å². The number of alkyl halides is 2. The van der Waals surface area contributed by atoms with E-state index >= 15 is 0 Å². The van der Waals surface area contributed by atoms with Crippen molar-refractivity contribution >= 4 is 39.2 Å². The van der Waals surface area contributed by atoms with Gasteiger partial charge in [0.2, 0.25) is 0 Å². The molecule has 228 valence electrons. The van der Waals surface area contributed by atoms with Gasteiger partial charge < -0.3 is 24.6 Å². The van der Waals surface area contributed by atoms with Gasteiger partial charge in [-0.15, -0.1) is 0 Å². The monoisotopic (exact) mass is 611 g/mol. The van der Waals surface area contributed by atoms with E-state index in [1.54, 1.807) is 6.20 Å². The molecule has 2 saturated heterocycles. The summed E-state index contributed by atoms with van der Waals surface area (Å²) in [5.41, 5.74) is 3.71. The summed E-state index contributed by atoms with van der Waals surface area (Å²) in [4.78, 5) is 14.4. The number of benzene rings is 2. The third-order valence-electron chi connectivity index (χ3n) is 9.13. The minimum atomic E-state index is -2.75. The number of aromatic amines is 1. The average molecular weight is 612 g/mol. The number of hydrogen-bond acceptors (Lipinski definition) is 8. The van der Waals surface area contributed by atoms with Crippen LogP contribution in [0.5, 0.6) is 11.8 Å². The second kappa shape index (κ2) is 11.0. The Kier molecular flexibility index (Phi) is 7.30. The van der Waals surface area contributed by atoms with E-state index in [2.05, 4.69) is 39.3 Å². The maximum atomic E-state index is 14.1. The average Bonchev–Trinajstić information content (AvgIpc) is 3.60. The van der Waals surface area contributed by atoms with E-state index in [1.165, 1.54) is 0 Å². The van der Waals surface area contributed by atoms with Gasteiger partial charge in [-0.3, -0.25) is 5.10 Å². The summed E-state index contributed by atoms with van der Waals surface area (Å²) in [5.74, 6) is -1.68. The fraction of sp³-hybridized carbons (Fsp3) is 0.516. The molecule has 1 aliphatic carbocycles. The molecule has 0 radical (unpaired) electrons. The normalized spacial score (nSPS) is 22.8. The van der Waals surface area contributed by atoms with E-state index in [-0.39, 0.29) is 30.9 Å². The van der Waals surface area contributed by atoms with Crippen LogP contribution in [-0.2, 0) is 0 Å². The molecule has 0 amide bonds. The molecule has 0 unspecified atom stereocenters. The predicted octanol–water partition coefficient (Wildman–Crippen LogP) is 5.58. The molecule has 12 heteroatoms. The number of anilines is 1. The van der Waals surface area contributed by atoms with Crippen molar-refractivity contribution in [2.45, 2.75) is 63.6 Å². The summed E-state index contributed by atoms with van der Waals surface area (Å²) >= 11 is 7.15. The highest BCUT2D eigenvalue weighted by atomic mass is 35.5. The Morgan fingerprint density at radius 3 is 2.72 bits per heavy atom. The lowest BCUT2D eigenvalue weighted by atomic mass is 9.90. The van der Waals surface area contributed by atoms with E-state index < -0.39 is 12.0 Å². The number of piperazine rings is 1. The Labute approximate surface area is 253 Å². The van der Waals surface area contributed by atoms with E-state index in [4.69, 9.17) is 31.0 Å². The quantitative estimate of drug-likeness (QED) is 0.280. The number of hydrogen-bond donors (Lipinski definition) is 2. The van der Waals surface area contributed by atoms with E-state index in [1.807, 2.05) is 25.1 Å². The van der Waals surface area contributed by atoms with Crippen molar-refractivity contribution in [3.8, 4) is 22.9 Å². The number of aromatic nitrogens is 4. The van der Waals surface area contributed by atoms with Gasteiger partial charge in [0.1, 0.15) is 24.0 Å². The number of ether oxygens (including phenoxy) is 2. The summed E-state index contributed by atoms with van der Waals surface area (Å²) in [5, 5.41) is 12.7. The smallest absolute Gasteiger partial charge is 0.319 e. The van der Waals surface area contributed by atoms with Crippen LogP contribution in [0.25, 0.3) is 32.9 Å². The molecule has 9 nitrogen and oxygen atoms in total. The van der Waals surface area contributed by atoms with Gasteiger partial charge in [-0.1, -0.05) is 17.7 Å². The van der Waals surface area contributed by atoms with Gasteiger partial charge in [0.15, 0.2) is 5.75 Å². The molecule has 0 spiro atoms. The van der Waals surface area contributed by atoms with Crippen LogP contribution in [0.3, 0.4) is 0 Å². The molecule has 0 bridgehead atoms. The fourth-order valence-corrected chi connectivity index (χ4v) is 6.92. The van der Waals surface area contributed by atoms with Gasteiger partial charge in [-0.25, -0.2) is 8.78 Å². The standard InChI is InChI=1S/C31H36ClF2N7O2/c1-17-6-7-24-22(15-36-39-24)25(17)26-23(32)11-21-27(28(26)43-20-12-31(33,34)13-20)37-30(42-16-19-5-4-9-40(19)3)38-29(21)41-10-8-35-14-18(41)2/h6-7,11,15,18-20,35H,4-5,8-10,12-14,16H2,1-3H3,(H,36,39)/t18-,19-/m0/s1. The number of aryl methyl sites for hydroxylation is 1. The molecular formula is C31H36ClF2N7O2. The second-order valence-electron chi connectivity index (χ2n) is 12.2. The summed E-state index contributed by atoms with van der Waals surface area (Å²) in [7, 11) is 2.10. The molecule has 3 fully saturated rings. The number of rotatable bonds is 7. The van der Waals surface area contributed by atoms with E-state index in [0.29, 0.717) is 39.7 Å². The molecule has 2 aromatic heterocycles. The summed E-state index contributed by atoms with van der Waals surface area (Å²) in [6.07, 6.45) is 2.52. The number of nitrogens with one attached hydrogen (secondary N) is 2. The van der Waals surface area contributed by atoms with Gasteiger partial charge >= 0.3 is 6.01 Å². The Morgan fingerprint density at radius 1 is 1.14 bits per heavy atom. The maximum Gasteiger partial charge on any atom is 0.319 e. The van der Waals surface area contributed by atoms with Crippen molar-refractivity contribution in [1.82, 2.24) is 30.4 Å². The molecule has 2 N–H and O–H groups in total. The first-order valence-electron chi connectivity index (χ1n) is 15.0. The Bertz CT molecular complexity index is 1670. The fourth-order valence-electron chi connectivity index (χ4n) is 6.63. The Morgan fingerprint density at radius 2 is 1.98 bits per heavy atom. The number of H-pyrrole nitrogens is 1. The second-order valence-corrected chi connectivity index (χ2v) is 12.6. The van der Waals surface area contributed by atoms with Crippen LogP contribution in [0, 0.1) is 6.92 Å². The minimum Gasteiger partial charge on any atom is -0.487 e. The third kappa shape index (κ3) is 5.25. The molecule has 4 aromatic rings. The van der Waals surface area contributed by atoms with Crippen molar-refractivity contribution in [1.29, 1.82) is 0 Å². The maximum absolute atomic E-state index is 14.1. The van der Waals surface area contributed by atoms with Crippen molar-refractivity contribution in [2.75, 3.05) is 44.7 Å². The first kappa shape index (κ1) is 28.5. The first-order valence-corrected chi connectivity index (χ1v) is 15.4. The zero-order valence-electron chi connectivity index (χ0n) is 24.6. The summed E-state index contributed by atoms with van der Waals surface area (Å²) < 4.78 is 40.9. The molecular weight excluding hydrogens is 576 g/mol. The first-order chi connectivity index (χ1) is 20.7. The minimum absolute atomic E-state index is 0.149. The number of likely N-dealkylation sites (N-methyl/N-ethyl adjacent to an activating group) is 1. The summed E-state index contributed by atoms with van der Waals surface area (Å²) in [6.45, 7) is 7.94. The molecule has 2 atom stereocenters. The molecule has 1 saturated carbocycles. The lowest BCUT2D eigenvalue weighted by Gasteiger charge is -2.37. The van der Waals surface area contributed by atoms with Crippen LogP contribution in [0.15, 0.2) is 24.4 Å². The third-order valence-corrected chi connectivity index (χ3v) is 9.42. The highest BCUT2D eigenvalue weighted by molar-refractivity contribution is 6.35. The van der Waals surface area contributed by atoms with E-state index in [9.17, 15) is 8.78 Å². The topological polar surface area (TPSA) is 91.4 Å². The van der Waals surface area contributed by atoms with Gasteiger partial charge in [0.25, 0.3) is 5.92 Å². The highest BCUT2D eigenvalue weighted by Crippen LogP contribution is 2.50. The van der Waals surface area contributed by atoms with Gasteiger partial charge in [0, 0.05) is 66.5 Å². The van der Waals surface area contributed by atoms with Crippen LogP contribution in [0.1, 0.15) is 38.2 Å². The van der Waals surface area contributed by atoms with Gasteiger partial charge in [-0.05, 0) is 58.0 Å². The predicted molar refractivity (Wildman–Crippen MR) is 164 cm³/mol. The molecule has 43 heavy (non-hydrogen) atoms. The molecule has 3 aliphatic rings. The largest absolute Gasteiger partial charge is 0.487 e. The number of nitrogens with zero attached hydrogens (tertiary/aromatic N) is 5. The number of fused-ring (bicyclic) bond motifs is 2. The van der Waals surface area contributed by atoms with Crippen molar-refractivity contribution in [2.24, 2.45) is 0 Å². The lowest BCUT2D eigenvalue weighted by Crippen LogP contribution is -2.50. The van der Waals surface area contributed by atoms with Crippen molar-refractivity contribution in [3.05, 3.63) is 35.0 Å². The van der Waals surface area contributed by atoms with Gasteiger partial charge in [-0.2, -0.15) is 15.1 Å². The molecule has 2 aromatic carbocycles. The van der Waals surface area contributed by atoms with Gasteiger partial charge in [0.05, 0.1) is 16.7 Å². The van der Waals surface area contributed by atoms with Crippen LogP contribution >= 0.6 is 11.6 Å². The van der Waals surface area contributed by atoms with Crippen LogP contribution in [0.4, 0.5) is 14.6 Å². The number of likely N-dealkylation sites (tertiary alicyclic amines) is 1. The highest BCUT2D eigenvalue weighted by Gasteiger charge is 2.47.